The van der Waals surface area contributed by atoms with Crippen LogP contribution in [0.15, 0.2) is 24.3 Å². The van der Waals surface area contributed by atoms with E-state index in [2.05, 4.69) is 16.0 Å². The summed E-state index contributed by atoms with van der Waals surface area (Å²) < 4.78 is 4.71. The molecule has 0 saturated heterocycles. The van der Waals surface area contributed by atoms with E-state index >= 15 is 0 Å². The Morgan fingerprint density at radius 3 is 2.16 bits per heavy atom. The lowest BCUT2D eigenvalue weighted by Gasteiger charge is -2.11. The predicted molar refractivity (Wildman–Crippen MR) is 74.1 cm³/mol. The first kappa shape index (κ1) is 15.1. The molecule has 19 heavy (non-hydrogen) atoms. The van der Waals surface area contributed by atoms with Crippen molar-refractivity contribution in [1.82, 2.24) is 5.32 Å². The number of nitrogens with one attached hydrogen (secondary N) is 3. The van der Waals surface area contributed by atoms with Crippen molar-refractivity contribution in [3.63, 3.8) is 0 Å². The van der Waals surface area contributed by atoms with Gasteiger partial charge in [-0.2, -0.15) is 0 Å². The van der Waals surface area contributed by atoms with Crippen molar-refractivity contribution >= 4 is 23.2 Å². The van der Waals surface area contributed by atoms with Crippen LogP contribution in [0.4, 0.5) is 11.4 Å². The lowest BCUT2D eigenvalue weighted by atomic mass is 10.2. The fraction of sp³-hybridized carbons (Fsp3) is 0.385. The van der Waals surface area contributed by atoms with Gasteiger partial charge < -0.3 is 20.7 Å². The van der Waals surface area contributed by atoms with Crippen molar-refractivity contribution in [3.05, 3.63) is 24.3 Å². The summed E-state index contributed by atoms with van der Waals surface area (Å²) in [6.45, 7) is 1.78. The molecule has 6 nitrogen and oxygen atoms in total. The summed E-state index contributed by atoms with van der Waals surface area (Å²) in [4.78, 5) is 22.9. The van der Waals surface area contributed by atoms with Crippen molar-refractivity contribution in [1.29, 1.82) is 0 Å². The molecule has 0 spiro atoms. The van der Waals surface area contributed by atoms with E-state index in [0.29, 0.717) is 11.4 Å². The molecule has 6 heteroatoms. The van der Waals surface area contributed by atoms with E-state index in [4.69, 9.17) is 4.74 Å². The van der Waals surface area contributed by atoms with Crippen LogP contribution >= 0.6 is 0 Å². The Labute approximate surface area is 112 Å². The highest BCUT2D eigenvalue weighted by Gasteiger charge is 2.10. The van der Waals surface area contributed by atoms with Crippen molar-refractivity contribution in [2.45, 2.75) is 13.0 Å². The molecule has 0 fully saturated rings. The van der Waals surface area contributed by atoms with Gasteiger partial charge in [0.15, 0.2) is 0 Å². The van der Waals surface area contributed by atoms with E-state index in [0.717, 1.165) is 0 Å². The second kappa shape index (κ2) is 7.50. The van der Waals surface area contributed by atoms with Crippen LogP contribution in [-0.4, -0.2) is 38.6 Å². The number of carbonyl (C=O) groups is 2. The zero-order chi connectivity index (χ0) is 14.3. The van der Waals surface area contributed by atoms with Crippen LogP contribution in [0.5, 0.6) is 0 Å². The first-order valence-corrected chi connectivity index (χ1v) is 5.93. The van der Waals surface area contributed by atoms with Gasteiger partial charge >= 0.3 is 0 Å². The molecule has 1 atom stereocenters. The number of benzene rings is 1. The molecule has 3 N–H and O–H groups in total. The van der Waals surface area contributed by atoms with Gasteiger partial charge in [-0.05, 0) is 38.2 Å². The summed E-state index contributed by atoms with van der Waals surface area (Å²) >= 11 is 0. The van der Waals surface area contributed by atoms with Gasteiger partial charge in [-0.15, -0.1) is 0 Å². The maximum absolute atomic E-state index is 11.6. The van der Waals surface area contributed by atoms with Crippen molar-refractivity contribution in [2.75, 3.05) is 31.4 Å². The van der Waals surface area contributed by atoms with Crippen LogP contribution in [0.25, 0.3) is 0 Å². The minimum absolute atomic E-state index is 0.0121. The maximum atomic E-state index is 11.6. The monoisotopic (exact) mass is 265 g/mol. The third-order valence-electron chi connectivity index (χ3n) is 2.54. The van der Waals surface area contributed by atoms with Crippen LogP contribution < -0.4 is 16.0 Å². The number of amides is 2. The van der Waals surface area contributed by atoms with Gasteiger partial charge in [0.1, 0.15) is 6.61 Å². The molecule has 0 bridgehead atoms. The minimum atomic E-state index is -0.263. The van der Waals surface area contributed by atoms with Gasteiger partial charge in [0.25, 0.3) is 0 Å². The number of rotatable bonds is 6. The quantitative estimate of drug-likeness (QED) is 0.711. The summed E-state index contributed by atoms with van der Waals surface area (Å²) in [5, 5.41) is 8.28. The Kier molecular flexibility index (Phi) is 5.98. The normalized spacial score (nSPS) is 11.7. The molecule has 0 aliphatic carbocycles. The molecule has 0 heterocycles. The number of anilines is 2. The van der Waals surface area contributed by atoms with Gasteiger partial charge in [-0.25, -0.2) is 0 Å². The smallest absolute Gasteiger partial charge is 0.250 e. The molecule has 1 aromatic rings. The topological polar surface area (TPSA) is 79.5 Å². The molecular weight excluding hydrogens is 246 g/mol. The van der Waals surface area contributed by atoms with Gasteiger partial charge in [0.2, 0.25) is 11.8 Å². The second-order valence-electron chi connectivity index (χ2n) is 4.06. The molecule has 0 radical (unpaired) electrons. The Bertz CT molecular complexity index is 431. The lowest BCUT2D eigenvalue weighted by Crippen LogP contribution is -2.35. The second-order valence-corrected chi connectivity index (χ2v) is 4.06. The van der Waals surface area contributed by atoms with Gasteiger partial charge in [-0.3, -0.25) is 9.59 Å². The third-order valence-corrected chi connectivity index (χ3v) is 2.54. The first-order chi connectivity index (χ1) is 9.06. The van der Waals surface area contributed by atoms with E-state index in [9.17, 15) is 9.59 Å². The molecule has 1 aromatic carbocycles. The largest absolute Gasteiger partial charge is 0.375 e. The van der Waals surface area contributed by atoms with Crippen molar-refractivity contribution in [3.8, 4) is 0 Å². The summed E-state index contributed by atoms with van der Waals surface area (Å²) in [5.41, 5.74) is 1.33. The Morgan fingerprint density at radius 2 is 1.68 bits per heavy atom. The molecule has 0 aliphatic heterocycles. The molecular formula is C13H19N3O3. The number of methoxy groups -OCH3 is 1. The number of likely N-dealkylation sites (N-methyl/N-ethyl adjacent to an activating group) is 1. The minimum Gasteiger partial charge on any atom is -0.375 e. The summed E-state index contributed by atoms with van der Waals surface area (Å²) in [7, 11) is 3.18. The van der Waals surface area contributed by atoms with Crippen LogP contribution in [0.1, 0.15) is 6.92 Å². The number of carbonyl (C=O) groups excluding carboxylic acids is 2. The maximum Gasteiger partial charge on any atom is 0.250 e. The molecule has 0 saturated carbocycles. The average Bonchev–Trinajstić information content (AvgIpc) is 2.40. The summed E-state index contributed by atoms with van der Waals surface area (Å²) in [6.07, 6.45) is 0. The van der Waals surface area contributed by atoms with Crippen molar-refractivity contribution in [2.24, 2.45) is 0 Å². The Balaban J connectivity index is 2.56. The first-order valence-electron chi connectivity index (χ1n) is 5.93. The zero-order valence-electron chi connectivity index (χ0n) is 11.3. The van der Waals surface area contributed by atoms with Crippen LogP contribution in [0, 0.1) is 0 Å². The average molecular weight is 265 g/mol. The van der Waals surface area contributed by atoms with E-state index in [-0.39, 0.29) is 24.5 Å². The van der Waals surface area contributed by atoms with Gasteiger partial charge in [0.05, 0.1) is 6.04 Å². The SMILES string of the molecule is CNC(C)C(=O)Nc1ccc(NC(=O)COC)cc1. The number of ether oxygens (including phenoxy) is 1. The fourth-order valence-corrected chi connectivity index (χ4v) is 1.35. The summed E-state index contributed by atoms with van der Waals surface area (Å²) in [6, 6.07) is 6.62. The van der Waals surface area contributed by atoms with Crippen LogP contribution in [0.3, 0.4) is 0 Å². The molecule has 104 valence electrons. The standard InChI is InChI=1S/C13H19N3O3/c1-9(14-2)13(18)16-11-6-4-10(5-7-11)15-12(17)8-19-3/h4-7,9,14H,8H2,1-3H3,(H,15,17)(H,16,18). The highest BCUT2D eigenvalue weighted by molar-refractivity contribution is 5.95. The van der Waals surface area contributed by atoms with Crippen LogP contribution in [-0.2, 0) is 14.3 Å². The Morgan fingerprint density at radius 1 is 1.16 bits per heavy atom. The lowest BCUT2D eigenvalue weighted by molar-refractivity contribution is -0.119. The highest BCUT2D eigenvalue weighted by atomic mass is 16.5. The van der Waals surface area contributed by atoms with E-state index in [1.54, 1.807) is 38.2 Å². The zero-order valence-corrected chi connectivity index (χ0v) is 11.3. The summed E-state index contributed by atoms with van der Waals surface area (Å²) in [5.74, 6) is -0.332. The number of hydrogen-bond acceptors (Lipinski definition) is 4. The van der Waals surface area contributed by atoms with Gasteiger partial charge in [0, 0.05) is 18.5 Å². The Hall–Kier alpha value is -1.92. The molecule has 1 rings (SSSR count). The van der Waals surface area contributed by atoms with E-state index in [1.165, 1.54) is 7.11 Å². The van der Waals surface area contributed by atoms with Crippen molar-refractivity contribution < 1.29 is 14.3 Å². The molecule has 1 unspecified atom stereocenters. The van der Waals surface area contributed by atoms with E-state index in [1.807, 2.05) is 0 Å². The fourth-order valence-electron chi connectivity index (χ4n) is 1.35. The number of hydrogen-bond donors (Lipinski definition) is 3. The molecule has 2 amide bonds. The van der Waals surface area contributed by atoms with Crippen LogP contribution in [0.2, 0.25) is 0 Å². The van der Waals surface area contributed by atoms with E-state index < -0.39 is 0 Å². The van der Waals surface area contributed by atoms with Gasteiger partial charge in [-0.1, -0.05) is 0 Å². The highest BCUT2D eigenvalue weighted by Crippen LogP contribution is 2.13. The predicted octanol–water partition coefficient (Wildman–Crippen LogP) is 0.818. The molecule has 0 aromatic heterocycles. The third kappa shape index (κ3) is 5.07. The molecule has 0 aliphatic rings.